The lowest BCUT2D eigenvalue weighted by Crippen LogP contribution is -2.34. The fraction of sp³-hybridized carbons (Fsp3) is 0.556. The van der Waals surface area contributed by atoms with E-state index in [9.17, 15) is 19.1 Å². The smallest absolute Gasteiger partial charge is 0.330 e. The summed E-state index contributed by atoms with van der Waals surface area (Å²) in [4.78, 5) is 42.1. The Labute approximate surface area is 121 Å². The Bertz CT molecular complexity index is 685. The van der Waals surface area contributed by atoms with Gasteiger partial charge in [0.25, 0.3) is 5.56 Å². The molecule has 0 spiro atoms. The van der Waals surface area contributed by atoms with Gasteiger partial charge in [-0.25, -0.2) is 4.79 Å². The van der Waals surface area contributed by atoms with Gasteiger partial charge in [0.15, 0.2) is 0 Å². The Hall–Kier alpha value is -0.940. The van der Waals surface area contributed by atoms with Crippen molar-refractivity contribution in [3.63, 3.8) is 0 Å². The van der Waals surface area contributed by atoms with Crippen molar-refractivity contribution in [2.24, 2.45) is 0 Å². The molecule has 118 valence electrons. The second kappa shape index (κ2) is 6.05. The molecule has 0 saturated carbocycles. The molecule has 1 aliphatic heterocycles. The van der Waals surface area contributed by atoms with Crippen LogP contribution in [-0.4, -0.2) is 43.3 Å². The van der Waals surface area contributed by atoms with Crippen LogP contribution >= 0.6 is 6.72 Å². The Morgan fingerprint density at radius 2 is 2.24 bits per heavy atom. The number of hydrogen-bond donors (Lipinski definition) is 4. The van der Waals surface area contributed by atoms with Crippen molar-refractivity contribution >= 4 is 18.5 Å². The molecule has 9 nitrogen and oxygen atoms in total. The zero-order valence-electron chi connectivity index (χ0n) is 10.4. The fourth-order valence-electron chi connectivity index (χ4n) is 1.88. The van der Waals surface area contributed by atoms with Gasteiger partial charge in [0, 0.05) is 6.42 Å². The number of halogens is 1. The first kappa shape index (κ1) is 16.4. The topological polar surface area (TPSA) is 134 Å². The Kier molecular flexibility index (Phi) is 4.73. The van der Waals surface area contributed by atoms with Crippen LogP contribution < -0.4 is 11.2 Å². The molecule has 21 heavy (non-hydrogen) atoms. The summed E-state index contributed by atoms with van der Waals surface area (Å²) in [5.41, 5.74) is -2.05. The van der Waals surface area contributed by atoms with Crippen LogP contribution in [0.15, 0.2) is 15.8 Å². The number of nitrogens with one attached hydrogen (secondary N) is 1. The van der Waals surface area contributed by atoms with E-state index in [0.29, 0.717) is 6.20 Å². The fourth-order valence-corrected chi connectivity index (χ4v) is 2.40. The van der Waals surface area contributed by atoms with Gasteiger partial charge in [0.05, 0.1) is 18.9 Å². The summed E-state index contributed by atoms with van der Waals surface area (Å²) in [5.74, 6) is -1.17. The van der Waals surface area contributed by atoms with Gasteiger partial charge in [-0.2, -0.15) is 4.39 Å². The molecule has 4 N–H and O–H groups in total. The van der Waals surface area contributed by atoms with E-state index >= 15 is 0 Å². The predicted molar refractivity (Wildman–Crippen MR) is 70.5 cm³/mol. The molecule has 0 aliphatic carbocycles. The van der Waals surface area contributed by atoms with Crippen molar-refractivity contribution in [2.45, 2.75) is 24.9 Å². The number of nitrogens with zero attached hydrogens (tertiary/aromatic N) is 1. The standard InChI is InChI=1S/C9H12FN2O7PS/c10-4-2-12(9(15)11-8(4)14)7-1-5(13)6(19-7)3-18-20(16,17)21/h2,5-7,13H,1,3H2,(H,11,14,15)(H2,16,17,21)/t5-,6+,7+/m0/s1. The summed E-state index contributed by atoms with van der Waals surface area (Å²) >= 11 is 4.25. The normalized spacial score (nSPS) is 26.2. The molecule has 12 heteroatoms. The van der Waals surface area contributed by atoms with E-state index < -0.39 is 48.8 Å². The van der Waals surface area contributed by atoms with Gasteiger partial charge in [-0.3, -0.25) is 14.3 Å². The van der Waals surface area contributed by atoms with Crippen molar-refractivity contribution in [3.05, 3.63) is 32.9 Å². The van der Waals surface area contributed by atoms with Gasteiger partial charge >= 0.3 is 12.4 Å². The van der Waals surface area contributed by atoms with Gasteiger partial charge in [-0.05, 0) is 11.8 Å². The van der Waals surface area contributed by atoms with E-state index in [2.05, 4.69) is 16.3 Å². The molecule has 1 aliphatic rings. The molecule has 0 bridgehead atoms. The third-order valence-electron chi connectivity index (χ3n) is 2.85. The monoisotopic (exact) mass is 342 g/mol. The molecule has 3 atom stereocenters. The highest BCUT2D eigenvalue weighted by Gasteiger charge is 2.36. The van der Waals surface area contributed by atoms with E-state index in [1.807, 2.05) is 0 Å². The quantitative estimate of drug-likeness (QED) is 0.488. The van der Waals surface area contributed by atoms with Crippen LogP contribution in [-0.2, 0) is 21.1 Å². The third kappa shape index (κ3) is 4.04. The van der Waals surface area contributed by atoms with E-state index in [4.69, 9.17) is 14.5 Å². The number of hydrogen-bond acceptors (Lipinski definition) is 6. The second-order valence-electron chi connectivity index (χ2n) is 4.36. The maximum Gasteiger partial charge on any atom is 0.330 e. The highest BCUT2D eigenvalue weighted by molar-refractivity contribution is 8.06. The largest absolute Gasteiger partial charge is 0.390 e. The first-order valence-corrected chi connectivity index (χ1v) is 8.34. The van der Waals surface area contributed by atoms with Crippen LogP contribution in [0.2, 0.25) is 0 Å². The average molecular weight is 342 g/mol. The maximum absolute atomic E-state index is 13.2. The summed E-state index contributed by atoms with van der Waals surface area (Å²) in [6.07, 6.45) is -2.48. The minimum atomic E-state index is -3.89. The van der Waals surface area contributed by atoms with Crippen LogP contribution in [0.5, 0.6) is 0 Å². The Morgan fingerprint density at radius 1 is 1.57 bits per heavy atom. The molecular weight excluding hydrogens is 330 g/mol. The molecule has 1 aromatic rings. The summed E-state index contributed by atoms with van der Waals surface area (Å²) in [5, 5.41) is 9.76. The van der Waals surface area contributed by atoms with Crippen molar-refractivity contribution in [1.82, 2.24) is 9.55 Å². The van der Waals surface area contributed by atoms with E-state index in [1.165, 1.54) is 0 Å². The second-order valence-corrected chi connectivity index (χ2v) is 7.03. The first-order valence-electron chi connectivity index (χ1n) is 5.72. The number of H-pyrrole nitrogens is 1. The van der Waals surface area contributed by atoms with Gasteiger partial charge in [0.1, 0.15) is 12.3 Å². The lowest BCUT2D eigenvalue weighted by atomic mass is 10.2. The molecule has 0 amide bonds. The number of aromatic amines is 1. The van der Waals surface area contributed by atoms with Crippen LogP contribution in [0.3, 0.4) is 0 Å². The zero-order chi connectivity index (χ0) is 15.8. The molecule has 0 aromatic carbocycles. The van der Waals surface area contributed by atoms with Crippen LogP contribution in [0.4, 0.5) is 4.39 Å². The van der Waals surface area contributed by atoms with Crippen molar-refractivity contribution in [2.75, 3.05) is 6.61 Å². The summed E-state index contributed by atoms with van der Waals surface area (Å²) in [7, 11) is 0. The number of aliphatic hydroxyl groups is 1. The van der Waals surface area contributed by atoms with Crippen LogP contribution in [0.1, 0.15) is 12.6 Å². The molecule has 1 saturated heterocycles. The Morgan fingerprint density at radius 3 is 2.86 bits per heavy atom. The zero-order valence-corrected chi connectivity index (χ0v) is 12.1. The van der Waals surface area contributed by atoms with Crippen LogP contribution in [0.25, 0.3) is 0 Å². The minimum absolute atomic E-state index is 0.0703. The molecule has 2 heterocycles. The molecular formula is C9H12FN2O7PS. The lowest BCUT2D eigenvalue weighted by molar-refractivity contribution is -0.0430. The molecule has 1 aromatic heterocycles. The van der Waals surface area contributed by atoms with Crippen LogP contribution in [0, 0.1) is 5.82 Å². The van der Waals surface area contributed by atoms with Gasteiger partial charge < -0.3 is 24.2 Å². The molecule has 2 rings (SSSR count). The van der Waals surface area contributed by atoms with E-state index in [0.717, 1.165) is 4.57 Å². The number of rotatable bonds is 4. The summed E-state index contributed by atoms with van der Waals surface area (Å²) < 4.78 is 23.8. The maximum atomic E-state index is 13.2. The number of ether oxygens (including phenoxy) is 1. The van der Waals surface area contributed by atoms with Crippen molar-refractivity contribution < 1.29 is 28.5 Å². The third-order valence-corrected chi connectivity index (χ3v) is 3.65. The van der Waals surface area contributed by atoms with Gasteiger partial charge in [0.2, 0.25) is 5.82 Å². The van der Waals surface area contributed by atoms with Gasteiger partial charge in [-0.15, -0.1) is 0 Å². The van der Waals surface area contributed by atoms with Crippen molar-refractivity contribution in [1.29, 1.82) is 0 Å². The summed E-state index contributed by atoms with van der Waals surface area (Å²) in [6.45, 7) is -4.29. The number of aliphatic hydroxyl groups excluding tert-OH is 1. The minimum Gasteiger partial charge on any atom is -0.390 e. The molecule has 1 fully saturated rings. The van der Waals surface area contributed by atoms with Gasteiger partial charge in [-0.1, -0.05) is 0 Å². The average Bonchev–Trinajstić information content (AvgIpc) is 2.72. The predicted octanol–water partition coefficient (Wildman–Crippen LogP) is -1.45. The highest BCUT2D eigenvalue weighted by Crippen LogP contribution is 2.38. The molecule has 0 radical (unpaired) electrons. The SMILES string of the molecule is O=c1[nH]c(=O)n([C@H]2C[C@H](O)[C@@H](COP(O)(O)=S)O2)cc1F. The summed E-state index contributed by atoms with van der Waals surface area (Å²) in [6, 6.07) is 0. The van der Waals surface area contributed by atoms with E-state index in [-0.39, 0.29) is 6.42 Å². The Balaban J connectivity index is 2.14. The highest BCUT2D eigenvalue weighted by atomic mass is 32.5. The first-order chi connectivity index (χ1) is 9.67. The van der Waals surface area contributed by atoms with E-state index in [1.54, 1.807) is 4.98 Å². The number of aromatic nitrogens is 2. The van der Waals surface area contributed by atoms with Crippen molar-refractivity contribution in [3.8, 4) is 0 Å². The lowest BCUT2D eigenvalue weighted by Gasteiger charge is -2.17. The molecule has 0 unspecified atom stereocenters.